The molecule has 0 bridgehead atoms. The summed E-state index contributed by atoms with van der Waals surface area (Å²) in [5.74, 6) is -0.919. The van der Waals surface area contributed by atoms with Crippen molar-refractivity contribution in [1.82, 2.24) is 9.97 Å². The van der Waals surface area contributed by atoms with Crippen LogP contribution in [-0.2, 0) is 0 Å². The van der Waals surface area contributed by atoms with Gasteiger partial charge in [-0.05, 0) is 26.0 Å². The number of nitrogens with zero attached hydrogens (tertiary/aromatic N) is 2. The molecule has 1 aromatic carbocycles. The summed E-state index contributed by atoms with van der Waals surface area (Å²) in [4.78, 5) is 21.0. The number of aryl methyl sites for hydroxylation is 2. The molecule has 2 heterocycles. The van der Waals surface area contributed by atoms with Gasteiger partial charge in [0.25, 0.3) is 0 Å². The molecule has 0 atom stereocenters. The molecule has 4 nitrogen and oxygen atoms in total. The molecule has 0 aliphatic carbocycles. The third kappa shape index (κ3) is 2.72. The van der Waals surface area contributed by atoms with Gasteiger partial charge in [0.05, 0.1) is 26.8 Å². The minimum atomic E-state index is -0.919. The van der Waals surface area contributed by atoms with E-state index in [1.165, 1.54) is 0 Å². The average Bonchev–Trinajstić information content (AvgIpc) is 3.05. The number of aromatic carboxylic acids is 1. The Morgan fingerprint density at radius 3 is 2.43 bits per heavy atom. The molecule has 0 saturated carbocycles. The van der Waals surface area contributed by atoms with Gasteiger partial charge in [0.1, 0.15) is 5.01 Å². The first-order chi connectivity index (χ1) is 10.0. The maximum Gasteiger partial charge on any atom is 0.335 e. The van der Waals surface area contributed by atoms with Crippen LogP contribution < -0.4 is 0 Å². The Balaban J connectivity index is 1.94. The molecule has 21 heavy (non-hydrogen) atoms. The molecule has 0 saturated heterocycles. The number of carboxylic acid groups (broad SMARTS) is 1. The van der Waals surface area contributed by atoms with Crippen LogP contribution in [0.3, 0.4) is 0 Å². The predicted octanol–water partition coefficient (Wildman–Crippen LogP) is 4.25. The largest absolute Gasteiger partial charge is 0.478 e. The van der Waals surface area contributed by atoms with Crippen LogP contribution in [0.4, 0.5) is 0 Å². The third-order valence-corrected chi connectivity index (χ3v) is 5.01. The minimum absolute atomic E-state index is 0.282. The minimum Gasteiger partial charge on any atom is -0.478 e. The van der Waals surface area contributed by atoms with Gasteiger partial charge in [0.15, 0.2) is 0 Å². The second-order valence-electron chi connectivity index (χ2n) is 4.57. The zero-order valence-electron chi connectivity index (χ0n) is 11.5. The van der Waals surface area contributed by atoms with Crippen molar-refractivity contribution >= 4 is 28.6 Å². The molecule has 0 amide bonds. The van der Waals surface area contributed by atoms with Crippen LogP contribution in [0.25, 0.3) is 21.1 Å². The number of hydrogen-bond acceptors (Lipinski definition) is 5. The Morgan fingerprint density at radius 2 is 1.86 bits per heavy atom. The number of carboxylic acids is 1. The summed E-state index contributed by atoms with van der Waals surface area (Å²) in [5.41, 5.74) is 3.13. The van der Waals surface area contributed by atoms with Crippen molar-refractivity contribution < 1.29 is 9.90 Å². The van der Waals surface area contributed by atoms with Crippen LogP contribution in [0.5, 0.6) is 0 Å². The molecular weight excluding hydrogens is 304 g/mol. The van der Waals surface area contributed by atoms with E-state index in [-0.39, 0.29) is 5.56 Å². The normalized spacial score (nSPS) is 10.8. The molecule has 0 spiro atoms. The summed E-state index contributed by atoms with van der Waals surface area (Å²) < 4.78 is 0. The van der Waals surface area contributed by atoms with Crippen molar-refractivity contribution in [2.24, 2.45) is 0 Å². The Hall–Kier alpha value is -2.05. The predicted molar refractivity (Wildman–Crippen MR) is 85.1 cm³/mol. The Labute approximate surface area is 129 Å². The van der Waals surface area contributed by atoms with Crippen LogP contribution in [0.1, 0.15) is 21.1 Å². The fraction of sp³-hybridized carbons (Fsp3) is 0.133. The highest BCUT2D eigenvalue weighted by Crippen LogP contribution is 2.33. The van der Waals surface area contributed by atoms with Gasteiger partial charge in [-0.1, -0.05) is 12.1 Å². The second kappa shape index (κ2) is 5.38. The van der Waals surface area contributed by atoms with Crippen LogP contribution in [-0.4, -0.2) is 21.0 Å². The van der Waals surface area contributed by atoms with Crippen molar-refractivity contribution in [3.63, 3.8) is 0 Å². The number of rotatable bonds is 3. The average molecular weight is 316 g/mol. The van der Waals surface area contributed by atoms with Crippen molar-refractivity contribution in [3.05, 3.63) is 45.9 Å². The molecule has 0 aliphatic heterocycles. The van der Waals surface area contributed by atoms with E-state index in [1.54, 1.807) is 46.9 Å². The molecule has 3 rings (SSSR count). The van der Waals surface area contributed by atoms with E-state index < -0.39 is 5.97 Å². The van der Waals surface area contributed by atoms with Crippen molar-refractivity contribution in [2.75, 3.05) is 0 Å². The fourth-order valence-electron chi connectivity index (χ4n) is 2.03. The number of carbonyl (C=O) groups is 1. The SMILES string of the molecule is Cc1nc(C)c(-c2csc(-c3ccc(C(=O)O)cc3)n2)s1. The second-order valence-corrected chi connectivity index (χ2v) is 6.63. The number of thiazole rings is 2. The first-order valence-corrected chi connectivity index (χ1v) is 7.98. The van der Waals surface area contributed by atoms with Gasteiger partial charge in [-0.3, -0.25) is 0 Å². The lowest BCUT2D eigenvalue weighted by molar-refractivity contribution is 0.0697. The molecule has 106 valence electrons. The first-order valence-electron chi connectivity index (χ1n) is 6.28. The number of benzene rings is 1. The van der Waals surface area contributed by atoms with Crippen molar-refractivity contribution in [3.8, 4) is 21.1 Å². The van der Waals surface area contributed by atoms with Crippen LogP contribution in [0.2, 0.25) is 0 Å². The standard InChI is InChI=1S/C15H12N2O2S2/c1-8-13(21-9(2)16-8)12-7-20-14(17-12)10-3-5-11(6-4-10)15(18)19/h3-7H,1-2H3,(H,18,19). The Bertz CT molecular complexity index is 803. The van der Waals surface area contributed by atoms with E-state index in [0.717, 1.165) is 31.8 Å². The maximum absolute atomic E-state index is 10.9. The van der Waals surface area contributed by atoms with Gasteiger partial charge < -0.3 is 5.11 Å². The lowest BCUT2D eigenvalue weighted by atomic mass is 10.1. The summed E-state index contributed by atoms with van der Waals surface area (Å²) in [7, 11) is 0. The molecule has 6 heteroatoms. The van der Waals surface area contributed by atoms with Crippen LogP contribution in [0.15, 0.2) is 29.6 Å². The smallest absolute Gasteiger partial charge is 0.335 e. The van der Waals surface area contributed by atoms with Gasteiger partial charge in [0, 0.05) is 10.9 Å². The summed E-state index contributed by atoms with van der Waals surface area (Å²) in [6.07, 6.45) is 0. The van der Waals surface area contributed by atoms with Gasteiger partial charge >= 0.3 is 5.97 Å². The highest BCUT2D eigenvalue weighted by molar-refractivity contribution is 7.16. The van der Waals surface area contributed by atoms with Crippen molar-refractivity contribution in [1.29, 1.82) is 0 Å². The first kappa shape index (κ1) is 13.9. The van der Waals surface area contributed by atoms with E-state index in [1.807, 2.05) is 19.2 Å². The monoisotopic (exact) mass is 316 g/mol. The molecule has 0 fully saturated rings. The Morgan fingerprint density at radius 1 is 1.14 bits per heavy atom. The van der Waals surface area contributed by atoms with Crippen LogP contribution >= 0.6 is 22.7 Å². The summed E-state index contributed by atoms with van der Waals surface area (Å²) >= 11 is 3.19. The molecule has 0 radical (unpaired) electrons. The van der Waals surface area contributed by atoms with Gasteiger partial charge in [0.2, 0.25) is 0 Å². The number of aromatic nitrogens is 2. The zero-order valence-corrected chi connectivity index (χ0v) is 13.1. The zero-order chi connectivity index (χ0) is 15.0. The van der Waals surface area contributed by atoms with Crippen LogP contribution in [0, 0.1) is 13.8 Å². The highest BCUT2D eigenvalue weighted by atomic mass is 32.1. The molecule has 0 unspecified atom stereocenters. The Kier molecular flexibility index (Phi) is 3.57. The van der Waals surface area contributed by atoms with Gasteiger partial charge in [-0.15, -0.1) is 22.7 Å². The highest BCUT2D eigenvalue weighted by Gasteiger charge is 2.12. The molecule has 2 aromatic heterocycles. The van der Waals surface area contributed by atoms with Gasteiger partial charge in [-0.2, -0.15) is 0 Å². The van der Waals surface area contributed by atoms with Crippen molar-refractivity contribution in [2.45, 2.75) is 13.8 Å². The molecule has 1 N–H and O–H groups in total. The van der Waals surface area contributed by atoms with E-state index in [4.69, 9.17) is 5.11 Å². The maximum atomic E-state index is 10.9. The number of hydrogen-bond donors (Lipinski definition) is 1. The fourth-order valence-corrected chi connectivity index (χ4v) is 3.81. The third-order valence-electron chi connectivity index (χ3n) is 3.02. The van der Waals surface area contributed by atoms with E-state index in [9.17, 15) is 4.79 Å². The quantitative estimate of drug-likeness (QED) is 0.784. The summed E-state index contributed by atoms with van der Waals surface area (Å²) in [6, 6.07) is 6.77. The summed E-state index contributed by atoms with van der Waals surface area (Å²) in [6.45, 7) is 3.97. The lowest BCUT2D eigenvalue weighted by Crippen LogP contribution is -1.94. The topological polar surface area (TPSA) is 63.1 Å². The molecule has 0 aliphatic rings. The van der Waals surface area contributed by atoms with E-state index >= 15 is 0 Å². The van der Waals surface area contributed by atoms with E-state index in [0.29, 0.717) is 0 Å². The molecular formula is C15H12N2O2S2. The molecule has 3 aromatic rings. The summed E-state index contributed by atoms with van der Waals surface area (Å²) in [5, 5.41) is 12.8. The lowest BCUT2D eigenvalue weighted by Gasteiger charge is -1.97. The van der Waals surface area contributed by atoms with Gasteiger partial charge in [-0.25, -0.2) is 14.8 Å². The van der Waals surface area contributed by atoms with E-state index in [2.05, 4.69) is 9.97 Å².